The highest BCUT2D eigenvalue weighted by molar-refractivity contribution is 6.09. The monoisotopic (exact) mass is 286 g/mol. The smallest absolute Gasteiger partial charge is 0.271 e. The summed E-state index contributed by atoms with van der Waals surface area (Å²) in [5, 5.41) is 19.5. The highest BCUT2D eigenvalue weighted by atomic mass is 16.3. The molecule has 21 heavy (non-hydrogen) atoms. The molecule has 2 aromatic rings. The van der Waals surface area contributed by atoms with Crippen LogP contribution in [0.15, 0.2) is 27.6 Å². The molecule has 0 bridgehead atoms. The molecule has 108 valence electrons. The van der Waals surface area contributed by atoms with Gasteiger partial charge in [-0.25, -0.2) is 0 Å². The van der Waals surface area contributed by atoms with Crippen molar-refractivity contribution in [3.05, 3.63) is 51.2 Å². The van der Waals surface area contributed by atoms with Crippen LogP contribution in [-0.2, 0) is 0 Å². The molecule has 0 amide bonds. The summed E-state index contributed by atoms with van der Waals surface area (Å²) in [7, 11) is 0. The summed E-state index contributed by atoms with van der Waals surface area (Å²) in [5.74, 6) is -0.986. The number of carbonyl (C=O) groups is 1. The second kappa shape index (κ2) is 5.29. The molecule has 0 saturated heterocycles. The van der Waals surface area contributed by atoms with Crippen LogP contribution < -0.4 is 5.56 Å². The van der Waals surface area contributed by atoms with Crippen LogP contribution in [0.4, 0.5) is 0 Å². The van der Waals surface area contributed by atoms with Gasteiger partial charge in [-0.2, -0.15) is 5.26 Å². The third kappa shape index (κ3) is 2.23. The largest absolute Gasteiger partial charge is 0.494 e. The number of carbonyl (C=O) groups excluding carboxylic acids is 1. The minimum absolute atomic E-state index is 0.0336. The molecule has 6 heteroatoms. The fourth-order valence-electron chi connectivity index (χ4n) is 2.20. The van der Waals surface area contributed by atoms with E-state index < -0.39 is 23.3 Å². The standard InChI is InChI=1S/C15H14N2O4/c1-8(2)17-14(19)10(7-16)9(3)12(15(17)20)13(18)11-5-4-6-21-11/h4-6,8,20H,1-3H3. The van der Waals surface area contributed by atoms with Crippen LogP contribution >= 0.6 is 0 Å². The number of ketones is 1. The van der Waals surface area contributed by atoms with E-state index in [1.165, 1.54) is 19.3 Å². The Morgan fingerprint density at radius 1 is 1.48 bits per heavy atom. The molecule has 0 aliphatic rings. The zero-order valence-corrected chi connectivity index (χ0v) is 11.9. The van der Waals surface area contributed by atoms with E-state index in [9.17, 15) is 14.7 Å². The molecule has 0 unspecified atom stereocenters. The molecule has 0 spiro atoms. The molecule has 2 rings (SSSR count). The number of aromatic hydroxyl groups is 1. The van der Waals surface area contributed by atoms with E-state index in [1.54, 1.807) is 26.0 Å². The molecule has 0 aliphatic carbocycles. The molecule has 0 saturated carbocycles. The summed E-state index contributed by atoms with van der Waals surface area (Å²) in [5.41, 5.74) is -0.706. The van der Waals surface area contributed by atoms with E-state index in [0.717, 1.165) is 4.57 Å². The molecule has 2 heterocycles. The Morgan fingerprint density at radius 2 is 2.14 bits per heavy atom. The molecule has 1 N–H and O–H groups in total. The van der Waals surface area contributed by atoms with E-state index in [2.05, 4.69) is 0 Å². The Hall–Kier alpha value is -2.81. The highest BCUT2D eigenvalue weighted by Gasteiger charge is 2.26. The Kier molecular flexibility index (Phi) is 3.68. The maximum absolute atomic E-state index is 12.4. The summed E-state index contributed by atoms with van der Waals surface area (Å²) < 4.78 is 6.06. The number of nitrogens with zero attached hydrogens (tertiary/aromatic N) is 2. The van der Waals surface area contributed by atoms with Gasteiger partial charge in [0.25, 0.3) is 5.56 Å². The summed E-state index contributed by atoms with van der Waals surface area (Å²) in [6.07, 6.45) is 1.34. The Bertz CT molecular complexity index is 793. The lowest BCUT2D eigenvalue weighted by Gasteiger charge is -2.17. The van der Waals surface area contributed by atoms with Crippen LogP contribution in [-0.4, -0.2) is 15.5 Å². The lowest BCUT2D eigenvalue weighted by molar-refractivity contribution is 0.100. The predicted molar refractivity (Wildman–Crippen MR) is 74.3 cm³/mol. The normalized spacial score (nSPS) is 10.6. The average Bonchev–Trinajstić information content (AvgIpc) is 2.92. The molecular formula is C15H14N2O4. The summed E-state index contributed by atoms with van der Waals surface area (Å²) in [6.45, 7) is 4.82. The van der Waals surface area contributed by atoms with E-state index in [1.807, 2.05) is 0 Å². The van der Waals surface area contributed by atoms with Gasteiger partial charge in [-0.15, -0.1) is 0 Å². The van der Waals surface area contributed by atoms with E-state index in [0.29, 0.717) is 0 Å². The van der Waals surface area contributed by atoms with Crippen molar-refractivity contribution in [1.82, 2.24) is 4.57 Å². The first-order valence-corrected chi connectivity index (χ1v) is 6.36. The van der Waals surface area contributed by atoms with Gasteiger partial charge in [0.15, 0.2) is 5.76 Å². The average molecular weight is 286 g/mol. The third-order valence-electron chi connectivity index (χ3n) is 3.23. The van der Waals surface area contributed by atoms with Crippen molar-refractivity contribution in [2.24, 2.45) is 0 Å². The topological polar surface area (TPSA) is 96.2 Å². The molecule has 2 aromatic heterocycles. The first-order chi connectivity index (χ1) is 9.90. The number of hydrogen-bond donors (Lipinski definition) is 1. The molecule has 6 nitrogen and oxygen atoms in total. The Labute approximate surface area is 120 Å². The van der Waals surface area contributed by atoms with Crippen LogP contribution in [0.1, 0.15) is 47.1 Å². The van der Waals surface area contributed by atoms with Crippen molar-refractivity contribution < 1.29 is 14.3 Å². The lowest BCUT2D eigenvalue weighted by atomic mass is 10.00. The van der Waals surface area contributed by atoms with Crippen LogP contribution in [0.25, 0.3) is 0 Å². The third-order valence-corrected chi connectivity index (χ3v) is 3.23. The van der Waals surface area contributed by atoms with E-state index in [4.69, 9.17) is 9.68 Å². The number of nitriles is 1. The van der Waals surface area contributed by atoms with Crippen molar-refractivity contribution in [1.29, 1.82) is 5.26 Å². The number of rotatable bonds is 3. The van der Waals surface area contributed by atoms with Crippen LogP contribution in [0.5, 0.6) is 5.88 Å². The second-order valence-electron chi connectivity index (χ2n) is 4.89. The van der Waals surface area contributed by atoms with Crippen LogP contribution in [0, 0.1) is 18.3 Å². The van der Waals surface area contributed by atoms with Crippen LogP contribution in [0.3, 0.4) is 0 Å². The van der Waals surface area contributed by atoms with Crippen molar-refractivity contribution >= 4 is 5.78 Å². The van der Waals surface area contributed by atoms with Crippen LogP contribution in [0.2, 0.25) is 0 Å². The SMILES string of the molecule is Cc1c(C(=O)c2ccco2)c(O)n(C(C)C)c(=O)c1C#N. The predicted octanol–water partition coefficient (Wildman–Crippen LogP) is 2.14. The molecule has 0 radical (unpaired) electrons. The molecule has 0 aromatic carbocycles. The number of pyridine rings is 1. The van der Waals surface area contributed by atoms with Gasteiger partial charge in [0, 0.05) is 6.04 Å². The zero-order chi connectivity index (χ0) is 15.7. The first-order valence-electron chi connectivity index (χ1n) is 6.36. The maximum atomic E-state index is 12.4. The van der Waals surface area contributed by atoms with Gasteiger partial charge in [-0.05, 0) is 38.5 Å². The highest BCUT2D eigenvalue weighted by Crippen LogP contribution is 2.27. The van der Waals surface area contributed by atoms with Gasteiger partial charge in [-0.1, -0.05) is 0 Å². The molecule has 0 aliphatic heterocycles. The summed E-state index contributed by atoms with van der Waals surface area (Å²) >= 11 is 0. The quantitative estimate of drug-likeness (QED) is 0.872. The van der Waals surface area contributed by atoms with Crippen molar-refractivity contribution in [3.63, 3.8) is 0 Å². The first kappa shape index (κ1) is 14.6. The number of hydrogen-bond acceptors (Lipinski definition) is 5. The number of furan rings is 1. The summed E-state index contributed by atoms with van der Waals surface area (Å²) in [6, 6.07) is 4.41. The van der Waals surface area contributed by atoms with Crippen molar-refractivity contribution in [2.75, 3.05) is 0 Å². The fourth-order valence-corrected chi connectivity index (χ4v) is 2.20. The lowest BCUT2D eigenvalue weighted by Crippen LogP contribution is -2.28. The zero-order valence-electron chi connectivity index (χ0n) is 11.9. The van der Waals surface area contributed by atoms with Crippen molar-refractivity contribution in [2.45, 2.75) is 26.8 Å². The van der Waals surface area contributed by atoms with Gasteiger partial charge in [0.1, 0.15) is 11.6 Å². The van der Waals surface area contributed by atoms with Gasteiger partial charge in [0.05, 0.1) is 11.8 Å². The summed E-state index contributed by atoms with van der Waals surface area (Å²) in [4.78, 5) is 24.6. The number of aromatic nitrogens is 1. The maximum Gasteiger partial charge on any atom is 0.271 e. The van der Waals surface area contributed by atoms with Gasteiger partial charge in [-0.3, -0.25) is 14.2 Å². The van der Waals surface area contributed by atoms with E-state index in [-0.39, 0.29) is 22.5 Å². The fraction of sp³-hybridized carbons (Fsp3) is 0.267. The molecule has 0 fully saturated rings. The minimum atomic E-state index is -0.613. The van der Waals surface area contributed by atoms with Crippen molar-refractivity contribution in [3.8, 4) is 11.9 Å². The molecular weight excluding hydrogens is 272 g/mol. The Balaban J connectivity index is 2.84. The van der Waals surface area contributed by atoms with E-state index >= 15 is 0 Å². The van der Waals surface area contributed by atoms with Gasteiger partial charge in [0.2, 0.25) is 11.7 Å². The minimum Gasteiger partial charge on any atom is -0.494 e. The molecule has 0 atom stereocenters. The second-order valence-corrected chi connectivity index (χ2v) is 4.89. The van der Waals surface area contributed by atoms with Gasteiger partial charge >= 0.3 is 0 Å². The van der Waals surface area contributed by atoms with Gasteiger partial charge < -0.3 is 9.52 Å². The Morgan fingerprint density at radius 3 is 2.62 bits per heavy atom.